The van der Waals surface area contributed by atoms with E-state index in [1.165, 1.54) is 58.0 Å². The van der Waals surface area contributed by atoms with Gasteiger partial charge in [0.15, 0.2) is 0 Å². The van der Waals surface area contributed by atoms with Gasteiger partial charge in [0.25, 0.3) is 0 Å². The van der Waals surface area contributed by atoms with Crippen LogP contribution in [0.4, 0.5) is 0 Å². The van der Waals surface area contributed by atoms with E-state index in [-0.39, 0.29) is 0 Å². The number of nitrogens with zero attached hydrogens (tertiary/aromatic N) is 1. The Morgan fingerprint density at radius 2 is 1.87 bits per heavy atom. The van der Waals surface area contributed by atoms with Crippen molar-refractivity contribution in [1.82, 2.24) is 4.90 Å². The van der Waals surface area contributed by atoms with Crippen molar-refractivity contribution in [1.29, 1.82) is 0 Å². The lowest BCUT2D eigenvalue weighted by Crippen LogP contribution is -2.57. The number of likely N-dealkylation sites (tertiary alicyclic amines) is 1. The second-order valence-corrected chi connectivity index (χ2v) is 5.48. The lowest BCUT2D eigenvalue weighted by atomic mass is 9.90. The molecule has 1 saturated carbocycles. The first-order chi connectivity index (χ1) is 7.31. The molecule has 1 heterocycles. The molecule has 2 rings (SSSR count). The normalized spacial score (nSPS) is 34.8. The van der Waals surface area contributed by atoms with Gasteiger partial charge in [-0.2, -0.15) is 0 Å². The van der Waals surface area contributed by atoms with Gasteiger partial charge in [-0.3, -0.25) is 4.90 Å². The van der Waals surface area contributed by atoms with Gasteiger partial charge >= 0.3 is 0 Å². The molecule has 2 unspecified atom stereocenters. The van der Waals surface area contributed by atoms with Crippen LogP contribution < -0.4 is 5.73 Å². The first kappa shape index (κ1) is 11.4. The molecule has 0 spiro atoms. The number of rotatable bonds is 3. The molecule has 2 fully saturated rings. The molecule has 0 radical (unpaired) electrons. The van der Waals surface area contributed by atoms with Crippen molar-refractivity contribution in [3.05, 3.63) is 0 Å². The summed E-state index contributed by atoms with van der Waals surface area (Å²) in [5.74, 6) is 0.977. The van der Waals surface area contributed by atoms with E-state index >= 15 is 0 Å². The molecule has 0 bridgehead atoms. The summed E-state index contributed by atoms with van der Waals surface area (Å²) >= 11 is 0. The van der Waals surface area contributed by atoms with Crippen LogP contribution in [0.15, 0.2) is 0 Å². The molecule has 2 atom stereocenters. The highest BCUT2D eigenvalue weighted by molar-refractivity contribution is 4.91. The Hall–Kier alpha value is -0.0800. The van der Waals surface area contributed by atoms with Crippen LogP contribution >= 0.6 is 0 Å². The zero-order valence-electron chi connectivity index (χ0n) is 10.1. The van der Waals surface area contributed by atoms with Gasteiger partial charge in [-0.05, 0) is 25.2 Å². The van der Waals surface area contributed by atoms with Gasteiger partial charge in [-0.1, -0.05) is 32.6 Å². The minimum atomic E-state index is 0.454. The Morgan fingerprint density at radius 3 is 2.60 bits per heavy atom. The Kier molecular flexibility index (Phi) is 4.04. The fraction of sp³-hybridized carbons (Fsp3) is 1.00. The average Bonchev–Trinajstić information content (AvgIpc) is 2.36. The SMILES string of the molecule is CCCC1CN(C2CCCCCC2N)C1. The Bertz CT molecular complexity index is 187. The minimum absolute atomic E-state index is 0.454. The van der Waals surface area contributed by atoms with Crippen molar-refractivity contribution >= 4 is 0 Å². The van der Waals surface area contributed by atoms with E-state index in [4.69, 9.17) is 5.73 Å². The topological polar surface area (TPSA) is 29.3 Å². The molecule has 0 amide bonds. The van der Waals surface area contributed by atoms with Gasteiger partial charge in [0.05, 0.1) is 0 Å². The number of hydrogen-bond donors (Lipinski definition) is 1. The highest BCUT2D eigenvalue weighted by Crippen LogP contribution is 2.29. The van der Waals surface area contributed by atoms with Gasteiger partial charge in [0.2, 0.25) is 0 Å². The van der Waals surface area contributed by atoms with Crippen molar-refractivity contribution in [3.63, 3.8) is 0 Å². The Labute approximate surface area is 94.2 Å². The molecule has 1 saturated heterocycles. The van der Waals surface area contributed by atoms with E-state index in [9.17, 15) is 0 Å². The fourth-order valence-electron chi connectivity index (χ4n) is 3.24. The van der Waals surface area contributed by atoms with Gasteiger partial charge in [-0.25, -0.2) is 0 Å². The zero-order chi connectivity index (χ0) is 10.7. The van der Waals surface area contributed by atoms with Crippen LogP contribution in [0.3, 0.4) is 0 Å². The molecule has 88 valence electrons. The third-order valence-corrected chi connectivity index (χ3v) is 4.18. The van der Waals surface area contributed by atoms with Crippen molar-refractivity contribution in [2.24, 2.45) is 11.7 Å². The summed E-state index contributed by atoms with van der Waals surface area (Å²) in [6, 6.07) is 1.16. The lowest BCUT2D eigenvalue weighted by molar-refractivity contribution is 0.0330. The third-order valence-electron chi connectivity index (χ3n) is 4.18. The second-order valence-electron chi connectivity index (χ2n) is 5.48. The monoisotopic (exact) mass is 210 g/mol. The summed E-state index contributed by atoms with van der Waals surface area (Å²) in [6.07, 6.45) is 9.50. The second kappa shape index (κ2) is 5.31. The molecular weight excluding hydrogens is 184 g/mol. The average molecular weight is 210 g/mol. The summed E-state index contributed by atoms with van der Waals surface area (Å²) in [6.45, 7) is 4.94. The molecule has 2 N–H and O–H groups in total. The van der Waals surface area contributed by atoms with Crippen LogP contribution in [-0.4, -0.2) is 30.1 Å². The summed E-state index contributed by atoms with van der Waals surface area (Å²) in [7, 11) is 0. The van der Waals surface area contributed by atoms with Crippen molar-refractivity contribution in [3.8, 4) is 0 Å². The van der Waals surface area contributed by atoms with E-state index in [0.29, 0.717) is 12.1 Å². The van der Waals surface area contributed by atoms with E-state index in [2.05, 4.69) is 11.8 Å². The Balaban J connectivity index is 1.78. The van der Waals surface area contributed by atoms with Crippen LogP contribution in [-0.2, 0) is 0 Å². The van der Waals surface area contributed by atoms with Crippen LogP contribution in [0, 0.1) is 5.92 Å². The molecule has 15 heavy (non-hydrogen) atoms. The standard InChI is InChI=1S/C13H26N2/c1-2-6-11-9-15(10-11)13-8-5-3-4-7-12(13)14/h11-13H,2-10,14H2,1H3. The van der Waals surface area contributed by atoms with Crippen molar-refractivity contribution in [2.75, 3.05) is 13.1 Å². The van der Waals surface area contributed by atoms with Crippen molar-refractivity contribution in [2.45, 2.75) is 64.0 Å². The summed E-state index contributed by atoms with van der Waals surface area (Å²) < 4.78 is 0. The first-order valence-electron chi connectivity index (χ1n) is 6.81. The van der Waals surface area contributed by atoms with Crippen LogP contribution in [0.5, 0.6) is 0 Å². The summed E-state index contributed by atoms with van der Waals surface area (Å²) in [5, 5.41) is 0. The predicted octanol–water partition coefficient (Wildman–Crippen LogP) is 2.38. The van der Waals surface area contributed by atoms with Crippen LogP contribution in [0.25, 0.3) is 0 Å². The molecule has 0 aromatic rings. The maximum Gasteiger partial charge on any atom is 0.0247 e. The molecule has 2 nitrogen and oxygen atoms in total. The van der Waals surface area contributed by atoms with E-state index in [1.54, 1.807) is 0 Å². The number of hydrogen-bond acceptors (Lipinski definition) is 2. The van der Waals surface area contributed by atoms with Gasteiger partial charge in [-0.15, -0.1) is 0 Å². The minimum Gasteiger partial charge on any atom is -0.326 e. The molecule has 1 aliphatic heterocycles. The smallest absolute Gasteiger partial charge is 0.0247 e. The van der Waals surface area contributed by atoms with Gasteiger partial charge in [0, 0.05) is 25.2 Å². The molecule has 0 aromatic carbocycles. The predicted molar refractivity (Wildman–Crippen MR) is 64.8 cm³/mol. The van der Waals surface area contributed by atoms with Crippen LogP contribution in [0.2, 0.25) is 0 Å². The lowest BCUT2D eigenvalue weighted by Gasteiger charge is -2.46. The molecule has 2 aliphatic rings. The highest BCUT2D eigenvalue weighted by Gasteiger charge is 2.34. The van der Waals surface area contributed by atoms with Crippen molar-refractivity contribution < 1.29 is 0 Å². The van der Waals surface area contributed by atoms with Gasteiger partial charge < -0.3 is 5.73 Å². The molecule has 2 heteroatoms. The largest absolute Gasteiger partial charge is 0.326 e. The molecule has 0 aromatic heterocycles. The number of nitrogens with two attached hydrogens (primary N) is 1. The maximum atomic E-state index is 6.27. The zero-order valence-corrected chi connectivity index (χ0v) is 10.1. The van der Waals surface area contributed by atoms with E-state index in [1.807, 2.05) is 0 Å². The Morgan fingerprint density at radius 1 is 1.13 bits per heavy atom. The highest BCUT2D eigenvalue weighted by atomic mass is 15.2. The van der Waals surface area contributed by atoms with E-state index < -0.39 is 0 Å². The van der Waals surface area contributed by atoms with E-state index in [0.717, 1.165) is 5.92 Å². The quantitative estimate of drug-likeness (QED) is 0.725. The maximum absolute atomic E-state index is 6.27. The third kappa shape index (κ3) is 2.73. The van der Waals surface area contributed by atoms with Gasteiger partial charge in [0.1, 0.15) is 0 Å². The molecule has 1 aliphatic carbocycles. The van der Waals surface area contributed by atoms with Crippen LogP contribution in [0.1, 0.15) is 51.9 Å². The first-order valence-corrected chi connectivity index (χ1v) is 6.81. The molecular formula is C13H26N2. The summed E-state index contributed by atoms with van der Waals surface area (Å²) in [4.78, 5) is 2.65. The fourth-order valence-corrected chi connectivity index (χ4v) is 3.24. The summed E-state index contributed by atoms with van der Waals surface area (Å²) in [5.41, 5.74) is 6.27.